The van der Waals surface area contributed by atoms with Gasteiger partial charge in [0, 0.05) is 11.8 Å². The van der Waals surface area contributed by atoms with Gasteiger partial charge in [0.1, 0.15) is 6.10 Å². The van der Waals surface area contributed by atoms with Crippen LogP contribution in [0.25, 0.3) is 0 Å². The molecule has 4 aliphatic rings. The second-order valence-corrected chi connectivity index (χ2v) is 8.77. The third-order valence-corrected chi connectivity index (χ3v) is 7.87. The highest BCUT2D eigenvalue weighted by Crippen LogP contribution is 2.64. The Labute approximate surface area is 132 Å². The molecule has 0 saturated heterocycles. The molecule has 0 aromatic rings. The van der Waals surface area contributed by atoms with E-state index in [-0.39, 0.29) is 22.7 Å². The van der Waals surface area contributed by atoms with Gasteiger partial charge in [0.25, 0.3) is 0 Å². The van der Waals surface area contributed by atoms with Gasteiger partial charge in [0.2, 0.25) is 0 Å². The maximum absolute atomic E-state index is 12.1. The van der Waals surface area contributed by atoms with Crippen LogP contribution in [0.5, 0.6) is 0 Å². The van der Waals surface area contributed by atoms with Gasteiger partial charge in [-0.2, -0.15) is 0 Å². The molecule has 0 aromatic heterocycles. The summed E-state index contributed by atoms with van der Waals surface area (Å²) in [6, 6.07) is 0. The number of Topliss-reactive ketones (excluding diaryl/α,β-unsaturated/α-hetero) is 1. The molecule has 3 heteroatoms. The van der Waals surface area contributed by atoms with E-state index in [1.54, 1.807) is 0 Å². The average Bonchev–Trinajstić information content (AvgIpc) is 2.72. The van der Waals surface area contributed by atoms with Crippen LogP contribution in [0.15, 0.2) is 11.6 Å². The number of carbonyl (C=O) groups excluding carboxylic acids is 1. The number of hydrogen-bond donors (Lipinski definition) is 2. The summed E-state index contributed by atoms with van der Waals surface area (Å²) in [5, 5.41) is 20.4. The number of aliphatic hydroxyl groups excluding tert-OH is 2. The van der Waals surface area contributed by atoms with Crippen LogP contribution in [0, 0.1) is 28.6 Å². The zero-order valence-electron chi connectivity index (χ0n) is 13.7. The van der Waals surface area contributed by atoms with Crippen molar-refractivity contribution in [3.05, 3.63) is 11.6 Å². The van der Waals surface area contributed by atoms with Gasteiger partial charge in [-0.05, 0) is 61.7 Å². The van der Waals surface area contributed by atoms with Gasteiger partial charge < -0.3 is 10.2 Å². The molecule has 4 aliphatic carbocycles. The summed E-state index contributed by atoms with van der Waals surface area (Å²) in [5.74, 6) is 1.56. The van der Waals surface area contributed by atoms with E-state index in [0.29, 0.717) is 24.2 Å². The minimum absolute atomic E-state index is 0.0622. The van der Waals surface area contributed by atoms with Gasteiger partial charge in [0.05, 0.1) is 6.10 Å². The summed E-state index contributed by atoms with van der Waals surface area (Å²) in [4.78, 5) is 12.1. The third-order valence-electron chi connectivity index (χ3n) is 7.87. The summed E-state index contributed by atoms with van der Waals surface area (Å²) in [6.07, 6.45) is 7.95. The van der Waals surface area contributed by atoms with Crippen LogP contribution in [-0.4, -0.2) is 28.2 Å². The molecule has 0 radical (unpaired) electrons. The van der Waals surface area contributed by atoms with Gasteiger partial charge in [-0.25, -0.2) is 0 Å². The van der Waals surface area contributed by atoms with Crippen LogP contribution in [0.2, 0.25) is 0 Å². The number of ketones is 1. The van der Waals surface area contributed by atoms with Crippen LogP contribution < -0.4 is 0 Å². The van der Waals surface area contributed by atoms with Crippen LogP contribution in [0.1, 0.15) is 58.8 Å². The third kappa shape index (κ3) is 1.78. The second kappa shape index (κ2) is 4.67. The predicted octanol–water partition coefficient (Wildman–Crippen LogP) is 2.85. The van der Waals surface area contributed by atoms with Crippen molar-refractivity contribution in [2.24, 2.45) is 28.6 Å². The van der Waals surface area contributed by atoms with E-state index in [0.717, 1.165) is 38.5 Å². The molecule has 0 bridgehead atoms. The molecular weight excluding hydrogens is 276 g/mol. The topological polar surface area (TPSA) is 57.5 Å². The van der Waals surface area contributed by atoms with Crippen molar-refractivity contribution in [2.45, 2.75) is 71.0 Å². The molecule has 3 saturated carbocycles. The molecule has 0 aliphatic heterocycles. The second-order valence-electron chi connectivity index (χ2n) is 8.77. The van der Waals surface area contributed by atoms with Crippen molar-refractivity contribution in [3.8, 4) is 0 Å². The minimum Gasteiger partial charge on any atom is -0.393 e. The van der Waals surface area contributed by atoms with Crippen molar-refractivity contribution >= 4 is 5.78 Å². The van der Waals surface area contributed by atoms with Gasteiger partial charge in [0.15, 0.2) is 5.78 Å². The molecule has 0 unspecified atom stereocenters. The van der Waals surface area contributed by atoms with Gasteiger partial charge in [-0.3, -0.25) is 4.79 Å². The smallest absolute Gasteiger partial charge is 0.162 e. The molecule has 22 heavy (non-hydrogen) atoms. The Morgan fingerprint density at radius 3 is 2.64 bits per heavy atom. The van der Waals surface area contributed by atoms with Gasteiger partial charge in [-0.1, -0.05) is 25.5 Å². The Hall–Kier alpha value is -0.670. The number of hydrogen-bond acceptors (Lipinski definition) is 3. The largest absolute Gasteiger partial charge is 0.393 e. The summed E-state index contributed by atoms with van der Waals surface area (Å²) >= 11 is 0. The lowest BCUT2D eigenvalue weighted by atomic mass is 9.48. The fourth-order valence-electron chi connectivity index (χ4n) is 6.41. The van der Waals surface area contributed by atoms with E-state index in [9.17, 15) is 15.0 Å². The molecule has 3 nitrogen and oxygen atoms in total. The Kier molecular flexibility index (Phi) is 3.16. The normalized spacial score (nSPS) is 54.3. The highest BCUT2D eigenvalue weighted by Gasteiger charge is 2.60. The minimum atomic E-state index is -0.746. The zero-order valence-corrected chi connectivity index (χ0v) is 13.7. The molecule has 2 N–H and O–H groups in total. The van der Waals surface area contributed by atoms with E-state index in [4.69, 9.17) is 0 Å². The maximum Gasteiger partial charge on any atom is 0.162 e. The van der Waals surface area contributed by atoms with Crippen molar-refractivity contribution in [2.75, 3.05) is 0 Å². The van der Waals surface area contributed by atoms with E-state index in [1.807, 2.05) is 0 Å². The van der Waals surface area contributed by atoms with Crippen LogP contribution in [0.4, 0.5) is 0 Å². The Morgan fingerprint density at radius 2 is 1.86 bits per heavy atom. The summed E-state index contributed by atoms with van der Waals surface area (Å²) in [5.41, 5.74) is 1.47. The summed E-state index contributed by atoms with van der Waals surface area (Å²) in [7, 11) is 0. The number of rotatable bonds is 0. The molecule has 3 fully saturated rings. The van der Waals surface area contributed by atoms with E-state index in [1.165, 1.54) is 5.57 Å². The van der Waals surface area contributed by atoms with E-state index in [2.05, 4.69) is 19.9 Å². The first kappa shape index (κ1) is 14.9. The van der Waals surface area contributed by atoms with E-state index < -0.39 is 6.10 Å². The highest BCUT2D eigenvalue weighted by molar-refractivity contribution is 5.86. The number of fused-ring (bicyclic) bond motifs is 5. The molecular formula is C19H28O3. The quantitative estimate of drug-likeness (QED) is 0.677. The van der Waals surface area contributed by atoms with Crippen molar-refractivity contribution < 1.29 is 15.0 Å². The molecule has 0 spiro atoms. The Morgan fingerprint density at radius 1 is 1.09 bits per heavy atom. The fourth-order valence-corrected chi connectivity index (χ4v) is 6.41. The molecule has 4 rings (SSSR count). The van der Waals surface area contributed by atoms with Crippen LogP contribution in [0.3, 0.4) is 0 Å². The number of aliphatic hydroxyl groups is 2. The molecule has 0 amide bonds. The first-order valence-corrected chi connectivity index (χ1v) is 8.94. The van der Waals surface area contributed by atoms with Crippen molar-refractivity contribution in [1.82, 2.24) is 0 Å². The summed E-state index contributed by atoms with van der Waals surface area (Å²) < 4.78 is 0. The first-order valence-electron chi connectivity index (χ1n) is 8.94. The maximum atomic E-state index is 12.1. The Balaban J connectivity index is 1.70. The fraction of sp³-hybridized carbons (Fsp3) is 0.842. The number of carbonyl (C=O) groups is 1. The van der Waals surface area contributed by atoms with Crippen molar-refractivity contribution in [3.63, 3.8) is 0 Å². The number of allylic oxidation sites excluding steroid dienone is 1. The lowest BCUT2D eigenvalue weighted by molar-refractivity contribution is -0.128. The zero-order chi connectivity index (χ0) is 15.7. The predicted molar refractivity (Wildman–Crippen MR) is 84.1 cm³/mol. The standard InChI is InChI=1S/C19H28O3/c1-18-7-5-12(20)9-11(18)3-4-13-14(18)6-8-19(2)15(13)10-16(21)17(19)22/h3,12-15,17,20,22H,4-10H2,1-2H3/t12-,13-,14+,15+,17+,18+,19+/m1/s1. The molecule has 122 valence electrons. The van der Waals surface area contributed by atoms with Gasteiger partial charge in [-0.15, -0.1) is 0 Å². The lowest BCUT2D eigenvalue weighted by Gasteiger charge is -2.57. The van der Waals surface area contributed by atoms with Crippen LogP contribution >= 0.6 is 0 Å². The molecule has 0 heterocycles. The van der Waals surface area contributed by atoms with Crippen LogP contribution in [-0.2, 0) is 4.79 Å². The summed E-state index contributed by atoms with van der Waals surface area (Å²) in [6.45, 7) is 4.52. The van der Waals surface area contributed by atoms with E-state index >= 15 is 0 Å². The highest BCUT2D eigenvalue weighted by atomic mass is 16.3. The lowest BCUT2D eigenvalue weighted by Crippen LogP contribution is -2.51. The molecule has 7 atom stereocenters. The monoisotopic (exact) mass is 304 g/mol. The Bertz CT molecular complexity index is 539. The van der Waals surface area contributed by atoms with Gasteiger partial charge >= 0.3 is 0 Å². The van der Waals surface area contributed by atoms with Crippen molar-refractivity contribution in [1.29, 1.82) is 0 Å². The average molecular weight is 304 g/mol. The molecule has 0 aromatic carbocycles. The first-order chi connectivity index (χ1) is 10.4. The SMILES string of the molecule is C[C@]12CC[C@H]3[C@@H](CC=C4C[C@H](O)CC[C@@]43C)[C@@H]1CC(=O)[C@@H]2O.